The zero-order valence-corrected chi connectivity index (χ0v) is 19.7. The Morgan fingerprint density at radius 3 is 2.55 bits per heavy atom. The Morgan fingerprint density at radius 2 is 1.94 bits per heavy atom. The van der Waals surface area contributed by atoms with E-state index in [-0.39, 0.29) is 24.5 Å². The molecule has 0 saturated carbocycles. The van der Waals surface area contributed by atoms with Crippen molar-refractivity contribution >= 4 is 23.6 Å². The standard InChI is InChI=1S/C23H35N3O4S/c1-4-24(5-2)23(28)16-30-21-13-25(19-10-11-31-17-19)15-22(27)26(14-21)12-18-6-8-20(29-3)9-7-18/h6-9,19,21H,4-5,10-17H2,1-3H3. The molecule has 2 amide bonds. The number of nitrogens with zero attached hydrogens (tertiary/aromatic N) is 3. The van der Waals surface area contributed by atoms with Crippen molar-refractivity contribution in [3.05, 3.63) is 29.8 Å². The van der Waals surface area contributed by atoms with Gasteiger partial charge in [-0.05, 0) is 43.7 Å². The van der Waals surface area contributed by atoms with Gasteiger partial charge in [-0.2, -0.15) is 11.8 Å². The summed E-state index contributed by atoms with van der Waals surface area (Å²) >= 11 is 1.94. The molecular weight excluding hydrogens is 414 g/mol. The molecule has 0 radical (unpaired) electrons. The molecule has 2 aliphatic heterocycles. The highest BCUT2D eigenvalue weighted by Crippen LogP contribution is 2.25. The van der Waals surface area contributed by atoms with Crippen molar-refractivity contribution in [3.63, 3.8) is 0 Å². The zero-order valence-electron chi connectivity index (χ0n) is 18.9. The third kappa shape index (κ3) is 6.60. The van der Waals surface area contributed by atoms with Crippen LogP contribution in [0.15, 0.2) is 24.3 Å². The first-order valence-electron chi connectivity index (χ1n) is 11.2. The summed E-state index contributed by atoms with van der Waals surface area (Å²) in [6.07, 6.45) is 0.913. The molecule has 0 aromatic heterocycles. The SMILES string of the molecule is CCN(CC)C(=O)COC1CN(Cc2ccc(OC)cc2)C(=O)CN(C2CCSC2)C1. The second-order valence-electron chi connectivity index (χ2n) is 8.07. The number of methoxy groups -OCH3 is 1. The van der Waals surface area contributed by atoms with Crippen LogP contribution in [0.2, 0.25) is 0 Å². The lowest BCUT2D eigenvalue weighted by atomic mass is 10.2. The minimum absolute atomic E-state index is 0.00486. The highest BCUT2D eigenvalue weighted by molar-refractivity contribution is 7.99. The van der Waals surface area contributed by atoms with Crippen LogP contribution in [0.1, 0.15) is 25.8 Å². The lowest BCUT2D eigenvalue weighted by Gasteiger charge is -2.28. The number of rotatable bonds is 9. The molecule has 31 heavy (non-hydrogen) atoms. The first-order chi connectivity index (χ1) is 15.0. The molecule has 1 aromatic carbocycles. The van der Waals surface area contributed by atoms with Gasteiger partial charge in [0, 0.05) is 44.5 Å². The average molecular weight is 450 g/mol. The normalized spacial score (nSPS) is 22.4. The zero-order chi connectivity index (χ0) is 22.2. The Hall–Kier alpha value is -1.77. The van der Waals surface area contributed by atoms with Gasteiger partial charge in [-0.1, -0.05) is 12.1 Å². The lowest BCUT2D eigenvalue weighted by Crippen LogP contribution is -2.43. The fourth-order valence-corrected chi connectivity index (χ4v) is 5.41. The topological polar surface area (TPSA) is 62.3 Å². The molecule has 172 valence electrons. The van der Waals surface area contributed by atoms with Gasteiger partial charge in [-0.15, -0.1) is 0 Å². The molecule has 2 atom stereocenters. The third-order valence-corrected chi connectivity index (χ3v) is 7.21. The van der Waals surface area contributed by atoms with Crippen LogP contribution in [-0.2, 0) is 20.9 Å². The summed E-state index contributed by atoms with van der Waals surface area (Å²) in [6, 6.07) is 8.20. The summed E-state index contributed by atoms with van der Waals surface area (Å²) in [7, 11) is 1.64. The number of hydrogen-bond acceptors (Lipinski definition) is 6. The summed E-state index contributed by atoms with van der Waals surface area (Å²) in [5, 5.41) is 0. The van der Waals surface area contributed by atoms with Crippen LogP contribution in [0.5, 0.6) is 5.75 Å². The second-order valence-corrected chi connectivity index (χ2v) is 9.22. The molecule has 0 spiro atoms. The maximum atomic E-state index is 13.1. The Kier molecular flexibility index (Phi) is 9.04. The lowest BCUT2D eigenvalue weighted by molar-refractivity contribution is -0.138. The van der Waals surface area contributed by atoms with Crippen LogP contribution in [-0.4, -0.2) is 96.6 Å². The van der Waals surface area contributed by atoms with E-state index >= 15 is 0 Å². The van der Waals surface area contributed by atoms with Gasteiger partial charge >= 0.3 is 0 Å². The van der Waals surface area contributed by atoms with E-state index in [2.05, 4.69) is 4.90 Å². The number of hydrogen-bond donors (Lipinski definition) is 0. The maximum Gasteiger partial charge on any atom is 0.248 e. The van der Waals surface area contributed by atoms with E-state index in [0.717, 1.165) is 29.2 Å². The van der Waals surface area contributed by atoms with E-state index < -0.39 is 0 Å². The molecule has 2 aliphatic rings. The second kappa shape index (κ2) is 11.7. The van der Waals surface area contributed by atoms with Crippen molar-refractivity contribution in [1.29, 1.82) is 0 Å². The fraction of sp³-hybridized carbons (Fsp3) is 0.652. The van der Waals surface area contributed by atoms with E-state index in [9.17, 15) is 9.59 Å². The fourth-order valence-electron chi connectivity index (χ4n) is 4.16. The molecule has 0 aliphatic carbocycles. The predicted molar refractivity (Wildman–Crippen MR) is 123 cm³/mol. The number of thioether (sulfide) groups is 1. The number of ether oxygens (including phenoxy) is 2. The smallest absolute Gasteiger partial charge is 0.248 e. The molecule has 2 fully saturated rings. The molecule has 8 heteroatoms. The Bertz CT molecular complexity index is 720. The Balaban J connectivity index is 1.69. The Labute approximate surface area is 190 Å². The molecule has 7 nitrogen and oxygen atoms in total. The number of likely N-dealkylation sites (N-methyl/N-ethyl adjacent to an activating group) is 1. The number of amides is 2. The molecule has 0 N–H and O–H groups in total. The van der Waals surface area contributed by atoms with E-state index in [1.807, 2.05) is 54.8 Å². The average Bonchev–Trinajstić information content (AvgIpc) is 3.27. The van der Waals surface area contributed by atoms with E-state index in [4.69, 9.17) is 9.47 Å². The van der Waals surface area contributed by atoms with Crippen LogP contribution in [0, 0.1) is 0 Å². The van der Waals surface area contributed by atoms with Gasteiger partial charge in [0.25, 0.3) is 0 Å². The predicted octanol–water partition coefficient (Wildman–Crippen LogP) is 2.10. The molecule has 2 heterocycles. The van der Waals surface area contributed by atoms with Gasteiger partial charge in [0.1, 0.15) is 12.4 Å². The Morgan fingerprint density at radius 1 is 1.19 bits per heavy atom. The van der Waals surface area contributed by atoms with Gasteiger partial charge in [0.2, 0.25) is 11.8 Å². The monoisotopic (exact) mass is 449 g/mol. The van der Waals surface area contributed by atoms with Crippen molar-refractivity contribution in [2.24, 2.45) is 0 Å². The van der Waals surface area contributed by atoms with Gasteiger partial charge in [0.15, 0.2) is 0 Å². The van der Waals surface area contributed by atoms with Gasteiger partial charge in [-0.25, -0.2) is 0 Å². The molecule has 0 bridgehead atoms. The third-order valence-electron chi connectivity index (χ3n) is 6.07. The van der Waals surface area contributed by atoms with E-state index in [1.165, 1.54) is 0 Å². The summed E-state index contributed by atoms with van der Waals surface area (Å²) in [4.78, 5) is 31.5. The van der Waals surface area contributed by atoms with E-state index in [1.54, 1.807) is 12.0 Å². The van der Waals surface area contributed by atoms with Gasteiger partial charge in [0.05, 0.1) is 19.8 Å². The van der Waals surface area contributed by atoms with Crippen LogP contribution in [0.25, 0.3) is 0 Å². The number of carbonyl (C=O) groups excluding carboxylic acids is 2. The highest BCUT2D eigenvalue weighted by atomic mass is 32.2. The van der Waals surface area contributed by atoms with Crippen molar-refractivity contribution in [3.8, 4) is 5.75 Å². The van der Waals surface area contributed by atoms with Crippen molar-refractivity contribution < 1.29 is 19.1 Å². The first-order valence-corrected chi connectivity index (χ1v) is 12.3. The summed E-state index contributed by atoms with van der Waals surface area (Å²) in [5.74, 6) is 3.11. The van der Waals surface area contributed by atoms with Gasteiger partial charge in [-0.3, -0.25) is 14.5 Å². The number of benzene rings is 1. The largest absolute Gasteiger partial charge is 0.497 e. The van der Waals surface area contributed by atoms with Crippen LogP contribution in [0.4, 0.5) is 0 Å². The first kappa shape index (κ1) is 23.9. The van der Waals surface area contributed by atoms with Crippen LogP contribution < -0.4 is 4.74 Å². The highest BCUT2D eigenvalue weighted by Gasteiger charge is 2.33. The number of carbonyl (C=O) groups is 2. The van der Waals surface area contributed by atoms with Gasteiger partial charge < -0.3 is 19.3 Å². The van der Waals surface area contributed by atoms with Crippen molar-refractivity contribution in [1.82, 2.24) is 14.7 Å². The van der Waals surface area contributed by atoms with E-state index in [0.29, 0.717) is 45.3 Å². The van der Waals surface area contributed by atoms with Crippen LogP contribution in [0.3, 0.4) is 0 Å². The summed E-state index contributed by atoms with van der Waals surface area (Å²) < 4.78 is 11.3. The molecule has 2 saturated heterocycles. The molecule has 3 rings (SSSR count). The van der Waals surface area contributed by atoms with Crippen molar-refractivity contribution in [2.45, 2.75) is 39.0 Å². The molecule has 2 unspecified atom stereocenters. The molecular formula is C23H35N3O4S. The summed E-state index contributed by atoms with van der Waals surface area (Å²) in [6.45, 7) is 7.47. The van der Waals surface area contributed by atoms with Crippen molar-refractivity contribution in [2.75, 3.05) is 57.9 Å². The minimum atomic E-state index is -0.185. The summed E-state index contributed by atoms with van der Waals surface area (Å²) in [5.41, 5.74) is 1.05. The molecule has 1 aromatic rings. The minimum Gasteiger partial charge on any atom is -0.497 e. The van der Waals surface area contributed by atoms with Crippen LogP contribution >= 0.6 is 11.8 Å². The quantitative estimate of drug-likeness (QED) is 0.575. The maximum absolute atomic E-state index is 13.1.